The quantitative estimate of drug-likeness (QED) is 0.652. The lowest BCUT2D eigenvalue weighted by molar-refractivity contribution is -0.747. The van der Waals surface area contributed by atoms with Crippen molar-refractivity contribution in [3.63, 3.8) is 0 Å². The molecule has 2 nitrogen and oxygen atoms in total. The highest BCUT2D eigenvalue weighted by Crippen LogP contribution is 2.16. The maximum Gasteiger partial charge on any atom is 0.298 e. The van der Waals surface area contributed by atoms with E-state index in [1.54, 1.807) is 17.0 Å². The Balaban J connectivity index is 0.00000288. The zero-order valence-corrected chi connectivity index (χ0v) is 16.2. The number of nitrogens with zero attached hydrogens (tertiary/aromatic N) is 2. The van der Waals surface area contributed by atoms with Crippen molar-refractivity contribution in [1.82, 2.24) is 0 Å². The van der Waals surface area contributed by atoms with Crippen LogP contribution in [0.25, 0.3) is 12.2 Å². The van der Waals surface area contributed by atoms with Crippen LogP contribution in [0.1, 0.15) is 44.6 Å². The van der Waals surface area contributed by atoms with Crippen molar-refractivity contribution >= 4 is 17.8 Å². The summed E-state index contributed by atoms with van der Waals surface area (Å²) in [5.74, 6) is 0. The van der Waals surface area contributed by atoms with Crippen LogP contribution in [0.2, 0.25) is 0 Å². The van der Waals surface area contributed by atoms with Crippen LogP contribution in [0, 0.1) is 0 Å². The summed E-state index contributed by atoms with van der Waals surface area (Å²) in [6, 6.07) is 12.4. The summed E-state index contributed by atoms with van der Waals surface area (Å²) >= 11 is 0. The van der Waals surface area contributed by atoms with E-state index in [0.717, 1.165) is 24.2 Å². The zero-order chi connectivity index (χ0) is 16.7. The van der Waals surface area contributed by atoms with Gasteiger partial charge >= 0.3 is 0 Å². The summed E-state index contributed by atoms with van der Waals surface area (Å²) in [4.78, 5) is 2.32. The molecule has 0 N–H and O–H groups in total. The standard InChI is InChI=1S/C20H26FN2.BrH/c1-4-20(21)23-15-13-18(14-16-23)8-7-17-9-11-19(12-10-17)22(5-2)6-3;/h7-16,20H,4-6H2,1-3H3;1H/q+1;/p-1. The van der Waals surface area contributed by atoms with E-state index < -0.39 is 6.30 Å². The Hall–Kier alpha value is -1.68. The molecule has 1 heterocycles. The second kappa shape index (κ2) is 10.2. The number of hydrogen-bond donors (Lipinski definition) is 0. The minimum atomic E-state index is -0.944. The molecule has 0 saturated heterocycles. The van der Waals surface area contributed by atoms with Gasteiger partial charge in [0, 0.05) is 37.3 Å². The predicted molar refractivity (Wildman–Crippen MR) is 96.0 cm³/mol. The lowest BCUT2D eigenvalue weighted by atomic mass is 10.1. The van der Waals surface area contributed by atoms with Crippen molar-refractivity contribution < 1.29 is 25.9 Å². The smallest absolute Gasteiger partial charge is 0.298 e. The maximum absolute atomic E-state index is 13.5. The lowest BCUT2D eigenvalue weighted by Gasteiger charge is -2.20. The fraction of sp³-hybridized carbons (Fsp3) is 0.350. The molecule has 0 amide bonds. The van der Waals surface area contributed by atoms with Gasteiger partial charge in [-0.05, 0) is 37.1 Å². The number of pyridine rings is 1. The average molecular weight is 393 g/mol. The van der Waals surface area contributed by atoms with Gasteiger partial charge in [0.1, 0.15) is 0 Å². The van der Waals surface area contributed by atoms with Gasteiger partial charge in [-0.25, -0.2) is 0 Å². The van der Waals surface area contributed by atoms with Gasteiger partial charge in [0.2, 0.25) is 0 Å². The molecule has 0 aliphatic rings. The van der Waals surface area contributed by atoms with E-state index >= 15 is 0 Å². The Morgan fingerprint density at radius 1 is 0.917 bits per heavy atom. The van der Waals surface area contributed by atoms with Crippen LogP contribution in [-0.4, -0.2) is 13.1 Å². The van der Waals surface area contributed by atoms with E-state index in [9.17, 15) is 4.39 Å². The average Bonchev–Trinajstić information content (AvgIpc) is 2.62. The largest absolute Gasteiger partial charge is 1.00 e. The summed E-state index contributed by atoms with van der Waals surface area (Å²) in [5, 5.41) is 0. The minimum absolute atomic E-state index is 0. The van der Waals surface area contributed by atoms with Gasteiger partial charge in [0.15, 0.2) is 12.4 Å². The highest BCUT2D eigenvalue weighted by molar-refractivity contribution is 5.70. The molecule has 1 aromatic heterocycles. The van der Waals surface area contributed by atoms with Crippen molar-refractivity contribution in [2.24, 2.45) is 0 Å². The van der Waals surface area contributed by atoms with Gasteiger partial charge in [0.05, 0.1) is 0 Å². The Kier molecular flexibility index (Phi) is 8.69. The van der Waals surface area contributed by atoms with Crippen LogP contribution in [0.5, 0.6) is 0 Å². The Labute approximate surface area is 155 Å². The maximum atomic E-state index is 13.5. The van der Waals surface area contributed by atoms with E-state index in [4.69, 9.17) is 0 Å². The number of alkyl halides is 1. The monoisotopic (exact) mass is 392 g/mol. The summed E-state index contributed by atoms with van der Waals surface area (Å²) < 4.78 is 15.1. The van der Waals surface area contributed by atoms with Gasteiger partial charge in [0.25, 0.3) is 6.30 Å². The molecule has 130 valence electrons. The first-order valence-electron chi connectivity index (χ1n) is 8.35. The van der Waals surface area contributed by atoms with Crippen molar-refractivity contribution in [2.75, 3.05) is 18.0 Å². The third-order valence-electron chi connectivity index (χ3n) is 4.03. The van der Waals surface area contributed by atoms with Gasteiger partial charge in [-0.15, -0.1) is 0 Å². The number of halogens is 2. The topological polar surface area (TPSA) is 7.12 Å². The van der Waals surface area contributed by atoms with Gasteiger partial charge in [-0.1, -0.05) is 31.2 Å². The van der Waals surface area contributed by atoms with Crippen LogP contribution >= 0.6 is 0 Å². The molecule has 1 unspecified atom stereocenters. The fourth-order valence-corrected chi connectivity index (χ4v) is 2.54. The minimum Gasteiger partial charge on any atom is -1.00 e. The summed E-state index contributed by atoms with van der Waals surface area (Å²) in [6.45, 7) is 8.21. The van der Waals surface area contributed by atoms with Gasteiger partial charge < -0.3 is 21.9 Å². The van der Waals surface area contributed by atoms with Crippen LogP contribution < -0.4 is 26.4 Å². The second-order valence-corrected chi connectivity index (χ2v) is 5.52. The first kappa shape index (κ1) is 20.4. The zero-order valence-electron chi connectivity index (χ0n) is 14.6. The summed E-state index contributed by atoms with van der Waals surface area (Å²) in [7, 11) is 0. The van der Waals surface area contributed by atoms with Gasteiger partial charge in [-0.3, -0.25) is 0 Å². The molecule has 0 aliphatic carbocycles. The predicted octanol–water partition coefficient (Wildman–Crippen LogP) is 1.87. The molecular formula is C20H26BrFN2. The highest BCUT2D eigenvalue weighted by Gasteiger charge is 2.12. The molecule has 2 rings (SSSR count). The number of hydrogen-bond acceptors (Lipinski definition) is 1. The second-order valence-electron chi connectivity index (χ2n) is 5.52. The lowest BCUT2D eigenvalue weighted by Crippen LogP contribution is -3.00. The molecule has 0 fully saturated rings. The first-order valence-corrected chi connectivity index (χ1v) is 8.35. The summed E-state index contributed by atoms with van der Waals surface area (Å²) in [6.07, 6.45) is 7.25. The van der Waals surface area contributed by atoms with Crippen molar-refractivity contribution in [2.45, 2.75) is 33.5 Å². The van der Waals surface area contributed by atoms with Crippen LogP contribution in [-0.2, 0) is 0 Å². The first-order chi connectivity index (χ1) is 11.2. The van der Waals surface area contributed by atoms with E-state index in [1.807, 2.05) is 19.1 Å². The van der Waals surface area contributed by atoms with E-state index in [2.05, 4.69) is 55.2 Å². The number of benzene rings is 1. The molecule has 2 aromatic rings. The van der Waals surface area contributed by atoms with E-state index in [0.29, 0.717) is 6.42 Å². The van der Waals surface area contributed by atoms with Crippen LogP contribution in [0.15, 0.2) is 48.8 Å². The van der Waals surface area contributed by atoms with Crippen LogP contribution in [0.4, 0.5) is 10.1 Å². The van der Waals surface area contributed by atoms with Crippen LogP contribution in [0.3, 0.4) is 0 Å². The van der Waals surface area contributed by atoms with E-state index in [-0.39, 0.29) is 17.0 Å². The Morgan fingerprint density at radius 3 is 1.88 bits per heavy atom. The Bertz CT molecular complexity index is 619. The molecule has 0 saturated carbocycles. The van der Waals surface area contributed by atoms with Gasteiger partial charge in [-0.2, -0.15) is 8.96 Å². The molecule has 1 atom stereocenters. The number of aromatic nitrogens is 1. The summed E-state index contributed by atoms with van der Waals surface area (Å²) in [5.41, 5.74) is 3.48. The van der Waals surface area contributed by atoms with E-state index in [1.165, 1.54) is 5.69 Å². The molecule has 24 heavy (non-hydrogen) atoms. The molecule has 0 aliphatic heterocycles. The highest BCUT2D eigenvalue weighted by atomic mass is 79.9. The Morgan fingerprint density at radius 2 is 1.42 bits per heavy atom. The molecule has 0 bridgehead atoms. The fourth-order valence-electron chi connectivity index (χ4n) is 2.54. The molecule has 1 aromatic carbocycles. The normalized spacial score (nSPS) is 12.0. The number of anilines is 1. The molecular weight excluding hydrogens is 367 g/mol. The van der Waals surface area contributed by atoms with Crippen molar-refractivity contribution in [3.05, 3.63) is 59.9 Å². The molecule has 0 radical (unpaired) electrons. The third kappa shape index (κ3) is 5.45. The van der Waals surface area contributed by atoms with Crippen molar-refractivity contribution in [1.29, 1.82) is 0 Å². The third-order valence-corrected chi connectivity index (χ3v) is 4.03. The SMILES string of the molecule is CCC(F)[n+]1ccc(/C=C/c2ccc(N(CC)CC)cc2)cc1.[Br-]. The molecule has 4 heteroatoms. The molecule has 0 spiro atoms. The van der Waals surface area contributed by atoms with Crippen molar-refractivity contribution in [3.8, 4) is 0 Å². The number of rotatable bonds is 7.